The predicted molar refractivity (Wildman–Crippen MR) is 356 cm³/mol. The van der Waals surface area contributed by atoms with E-state index in [0.717, 1.165) is 287 Å². The zero-order valence-corrected chi connectivity index (χ0v) is 54.9. The van der Waals surface area contributed by atoms with E-state index < -0.39 is 0 Å². The van der Waals surface area contributed by atoms with Crippen LogP contribution in [0.5, 0.6) is 5.75 Å². The van der Waals surface area contributed by atoms with Crippen molar-refractivity contribution in [2.75, 3.05) is 23.9 Å². The largest absolute Gasteiger partial charge is 0.493 e. The Kier molecular flexibility index (Phi) is 27.9. The van der Waals surface area contributed by atoms with Gasteiger partial charge in [0.15, 0.2) is 0 Å². The second-order valence-electron chi connectivity index (χ2n) is 24.3. The highest BCUT2D eigenvalue weighted by Gasteiger charge is 2.44. The summed E-state index contributed by atoms with van der Waals surface area (Å²) in [7, 11) is 0. The summed E-state index contributed by atoms with van der Waals surface area (Å²) < 4.78 is 6.96. The number of rotatable bonds is 44. The van der Waals surface area contributed by atoms with Crippen molar-refractivity contribution < 1.29 is 23.9 Å². The Labute approximate surface area is 509 Å². The van der Waals surface area contributed by atoms with Gasteiger partial charge in [-0.3, -0.25) is 29.0 Å². The monoisotopic (exact) mass is 1170 g/mol. The van der Waals surface area contributed by atoms with Crippen molar-refractivity contribution in [3.63, 3.8) is 0 Å². The normalized spacial score (nSPS) is 13.7. The summed E-state index contributed by atoms with van der Waals surface area (Å²) in [5.74, 6) is 2.48. The molecule has 2 heterocycles. The molecule has 5 aromatic carbocycles. The molecule has 452 valence electrons. The maximum Gasteiger partial charge on any atom is 0.265 e. The molecule has 2 aliphatic heterocycles. The molecular formula is C72H106N2O5S3. The molecule has 4 amide bonds. The first kappa shape index (κ1) is 66.1. The van der Waals surface area contributed by atoms with Crippen LogP contribution in [0.15, 0.2) is 39.0 Å². The SMILES string of the molecule is CCCCCCSc1cc2c3cc(SCCCCCC)c4c5c(c(SCCCCCC)cc(c6cc(OCCCC)c7c(c1C(=O)N(C(CCCCCC)CCCCCC)C7=O)c62)c53)C(=O)N(C(CCCCCC)CCCCCC)C4=O. The third-order valence-electron chi connectivity index (χ3n) is 17.8. The summed E-state index contributed by atoms with van der Waals surface area (Å²) in [6.07, 6.45) is 35.8. The number of fused-ring (bicyclic) bond motifs is 2. The molecule has 0 atom stereocenters. The van der Waals surface area contributed by atoms with Crippen molar-refractivity contribution in [2.24, 2.45) is 0 Å². The van der Waals surface area contributed by atoms with E-state index in [2.05, 4.69) is 79.7 Å². The molecule has 0 saturated heterocycles. The Balaban J connectivity index is 1.59. The van der Waals surface area contributed by atoms with E-state index in [1.165, 1.54) is 6.42 Å². The molecule has 82 heavy (non-hydrogen) atoms. The average Bonchev–Trinajstić information content (AvgIpc) is 0.786. The molecule has 10 heteroatoms. The Bertz CT molecular complexity index is 2810. The highest BCUT2D eigenvalue weighted by molar-refractivity contribution is 7.99. The quantitative estimate of drug-likeness (QED) is 0.0125. The van der Waals surface area contributed by atoms with Crippen molar-refractivity contribution in [1.29, 1.82) is 0 Å². The minimum Gasteiger partial charge on any atom is -0.493 e. The average molecular weight is 1180 g/mol. The fourth-order valence-electron chi connectivity index (χ4n) is 13.1. The number of nitrogens with zero attached hydrogens (tertiary/aromatic N) is 2. The van der Waals surface area contributed by atoms with Gasteiger partial charge in [0.05, 0.1) is 28.9 Å². The third-order valence-corrected chi connectivity index (χ3v) is 21.2. The molecule has 0 aromatic heterocycles. The lowest BCUT2D eigenvalue weighted by Gasteiger charge is -2.37. The fourth-order valence-corrected chi connectivity index (χ4v) is 16.5. The zero-order valence-electron chi connectivity index (χ0n) is 52.5. The van der Waals surface area contributed by atoms with Crippen molar-refractivity contribution in [2.45, 2.75) is 300 Å². The lowest BCUT2D eigenvalue weighted by molar-refractivity contribution is 0.0496. The smallest absolute Gasteiger partial charge is 0.265 e. The minimum absolute atomic E-state index is 0.134. The summed E-state index contributed by atoms with van der Waals surface area (Å²) in [6.45, 7) is 18.3. The molecule has 0 bridgehead atoms. The summed E-state index contributed by atoms with van der Waals surface area (Å²) in [6, 6.07) is 8.64. The molecule has 0 unspecified atom stereocenters. The van der Waals surface area contributed by atoms with E-state index >= 15 is 19.2 Å². The number of amides is 4. The van der Waals surface area contributed by atoms with E-state index in [9.17, 15) is 0 Å². The number of carbonyl (C=O) groups excluding carboxylic acids is 4. The molecule has 0 spiro atoms. The van der Waals surface area contributed by atoms with Gasteiger partial charge < -0.3 is 4.74 Å². The van der Waals surface area contributed by atoms with Crippen molar-refractivity contribution in [1.82, 2.24) is 9.80 Å². The molecule has 0 fully saturated rings. The van der Waals surface area contributed by atoms with E-state index in [4.69, 9.17) is 4.74 Å². The van der Waals surface area contributed by atoms with Gasteiger partial charge in [0.2, 0.25) is 0 Å². The Morgan fingerprint density at radius 1 is 0.329 bits per heavy atom. The van der Waals surface area contributed by atoms with Crippen LogP contribution in [0, 0.1) is 0 Å². The number of hydrogen-bond acceptors (Lipinski definition) is 8. The lowest BCUT2D eigenvalue weighted by atomic mass is 9.81. The second-order valence-corrected chi connectivity index (χ2v) is 27.7. The zero-order chi connectivity index (χ0) is 58.4. The van der Waals surface area contributed by atoms with Gasteiger partial charge in [-0.1, -0.05) is 222 Å². The molecule has 0 N–H and O–H groups in total. The number of carbonyl (C=O) groups is 4. The maximum atomic E-state index is 16.1. The highest BCUT2D eigenvalue weighted by Crippen LogP contribution is 2.54. The van der Waals surface area contributed by atoms with Crippen molar-refractivity contribution in [3.05, 3.63) is 46.5 Å². The number of unbranched alkanes of at least 4 members (excludes halogenated alkanes) is 22. The summed E-state index contributed by atoms with van der Waals surface area (Å²) in [4.78, 5) is 70.6. The summed E-state index contributed by atoms with van der Waals surface area (Å²) in [5.41, 5.74) is 2.57. The molecule has 0 saturated carbocycles. The van der Waals surface area contributed by atoms with E-state index in [-0.39, 0.29) is 35.7 Å². The third kappa shape index (κ3) is 15.7. The first-order valence-corrected chi connectivity index (χ1v) is 36.8. The number of imide groups is 2. The van der Waals surface area contributed by atoms with Crippen LogP contribution in [-0.4, -0.2) is 69.4 Å². The molecule has 7 rings (SSSR count). The molecule has 7 nitrogen and oxygen atoms in total. The number of ether oxygens (including phenoxy) is 1. The predicted octanol–water partition coefficient (Wildman–Crippen LogP) is 22.7. The maximum absolute atomic E-state index is 16.1. The van der Waals surface area contributed by atoms with Crippen molar-refractivity contribution >= 4 is 102 Å². The van der Waals surface area contributed by atoms with Gasteiger partial charge in [0, 0.05) is 37.5 Å². The van der Waals surface area contributed by atoms with Gasteiger partial charge in [0.25, 0.3) is 23.6 Å². The second kappa shape index (κ2) is 34.6. The number of hydrogen-bond donors (Lipinski definition) is 0. The van der Waals surface area contributed by atoms with Crippen LogP contribution < -0.4 is 4.74 Å². The Hall–Kier alpha value is -3.47. The molecular weight excluding hydrogens is 1070 g/mol. The number of benzene rings is 5. The van der Waals surface area contributed by atoms with Crippen LogP contribution in [0.25, 0.3) is 43.1 Å². The molecule has 2 aliphatic rings. The van der Waals surface area contributed by atoms with Gasteiger partial charge in [-0.2, -0.15) is 0 Å². The van der Waals surface area contributed by atoms with Gasteiger partial charge in [-0.05, 0) is 125 Å². The van der Waals surface area contributed by atoms with Crippen LogP contribution >= 0.6 is 35.3 Å². The summed E-state index contributed by atoms with van der Waals surface area (Å²) >= 11 is 5.34. The van der Waals surface area contributed by atoms with Gasteiger partial charge in [0.1, 0.15) is 5.75 Å². The topological polar surface area (TPSA) is 84.0 Å². The molecule has 0 aliphatic carbocycles. The Morgan fingerprint density at radius 3 is 0.927 bits per heavy atom. The van der Waals surface area contributed by atoms with Crippen LogP contribution in [0.4, 0.5) is 0 Å². The van der Waals surface area contributed by atoms with E-state index in [1.807, 2.05) is 0 Å². The van der Waals surface area contributed by atoms with Gasteiger partial charge in [-0.15, -0.1) is 35.3 Å². The standard InChI is InChI=1S/C72H106N2O5S3/c1-9-17-25-32-39-51(40-33-26-18-10-2)73-69(75)63-57(79-43-24-16-8)47-53-54-48-59(81-45-37-30-22-14-6)65-68-62(54)56(55-49-58(80-44-36-29-21-13-5)64(70(73)76)67(63)61(53)55)50-60(82-46-38-31-23-15-7)66(68)72(78)74(71(65)77)52(41-34-27-19-11-3)42-35-28-20-12-4/h47-52H,9-46H2,1-8H3. The van der Waals surface area contributed by atoms with E-state index in [1.54, 1.807) is 45.1 Å². The highest BCUT2D eigenvalue weighted by atomic mass is 32.2. The van der Waals surface area contributed by atoms with Gasteiger partial charge >= 0.3 is 0 Å². The van der Waals surface area contributed by atoms with Crippen LogP contribution in [-0.2, 0) is 0 Å². The minimum atomic E-state index is -0.222. The van der Waals surface area contributed by atoms with Crippen LogP contribution in [0.3, 0.4) is 0 Å². The molecule has 5 aromatic rings. The van der Waals surface area contributed by atoms with E-state index in [0.29, 0.717) is 34.6 Å². The number of thioether (sulfide) groups is 3. The summed E-state index contributed by atoms with van der Waals surface area (Å²) in [5, 5.41) is 7.28. The fraction of sp³-hybridized carbons (Fsp3) is 0.667. The Morgan fingerprint density at radius 2 is 0.610 bits per heavy atom. The first-order valence-electron chi connectivity index (χ1n) is 33.8. The van der Waals surface area contributed by atoms with Crippen LogP contribution in [0.1, 0.15) is 315 Å². The lowest BCUT2D eigenvalue weighted by Crippen LogP contribution is -2.47. The van der Waals surface area contributed by atoms with Gasteiger partial charge in [-0.25, -0.2) is 0 Å². The van der Waals surface area contributed by atoms with Crippen LogP contribution in [0.2, 0.25) is 0 Å². The van der Waals surface area contributed by atoms with Crippen molar-refractivity contribution in [3.8, 4) is 5.75 Å². The molecule has 0 radical (unpaired) electrons. The first-order chi connectivity index (χ1) is 40.2.